The normalized spacial score (nSPS) is 17.3. The summed E-state index contributed by atoms with van der Waals surface area (Å²) < 4.78 is 27.4. The van der Waals surface area contributed by atoms with Gasteiger partial charge in [0, 0.05) is 42.3 Å². The molecule has 1 aliphatic carbocycles. The largest absolute Gasteiger partial charge is 0.346 e. The maximum Gasteiger partial charge on any atom is 0.261 e. The molecule has 4 aromatic rings. The van der Waals surface area contributed by atoms with Crippen LogP contribution in [0.4, 0.5) is 14.6 Å². The molecule has 0 saturated heterocycles. The van der Waals surface area contributed by atoms with Crippen LogP contribution in [0.5, 0.6) is 0 Å². The van der Waals surface area contributed by atoms with Gasteiger partial charge in [0.15, 0.2) is 0 Å². The Balaban J connectivity index is 1.28. The molecule has 1 fully saturated rings. The first-order valence-electron chi connectivity index (χ1n) is 12.7. The Labute approximate surface area is 222 Å². The minimum atomic E-state index is -0.809. The van der Waals surface area contributed by atoms with Crippen LogP contribution in [0.2, 0.25) is 0 Å². The monoisotopic (exact) mass is 529 g/mol. The van der Waals surface area contributed by atoms with Crippen molar-refractivity contribution < 1.29 is 18.4 Å². The highest BCUT2D eigenvalue weighted by atomic mass is 19.1. The van der Waals surface area contributed by atoms with E-state index in [1.807, 2.05) is 31.3 Å². The molecule has 6 rings (SSSR count). The third-order valence-electron chi connectivity index (χ3n) is 7.35. The zero-order chi connectivity index (χ0) is 27.3. The van der Waals surface area contributed by atoms with Crippen molar-refractivity contribution in [1.82, 2.24) is 19.9 Å². The number of pyridine rings is 2. The number of carbonyl (C=O) groups is 2. The summed E-state index contributed by atoms with van der Waals surface area (Å²) in [5, 5.41) is 0.929. The van der Waals surface area contributed by atoms with Crippen LogP contribution in [0.15, 0.2) is 59.5 Å². The van der Waals surface area contributed by atoms with Gasteiger partial charge < -0.3 is 14.9 Å². The van der Waals surface area contributed by atoms with Gasteiger partial charge in [-0.05, 0) is 66.3 Å². The fourth-order valence-electron chi connectivity index (χ4n) is 5.21. The molecule has 1 atom stereocenters. The van der Waals surface area contributed by atoms with Crippen molar-refractivity contribution in [2.45, 2.75) is 25.8 Å². The first-order chi connectivity index (χ1) is 18.8. The van der Waals surface area contributed by atoms with Crippen LogP contribution in [-0.4, -0.2) is 51.3 Å². The highest BCUT2D eigenvalue weighted by Crippen LogP contribution is 2.37. The van der Waals surface area contributed by atoms with Gasteiger partial charge in [0.05, 0.1) is 5.69 Å². The first kappa shape index (κ1) is 24.7. The van der Waals surface area contributed by atoms with Gasteiger partial charge in [-0.15, -0.1) is 0 Å². The van der Waals surface area contributed by atoms with E-state index in [4.69, 9.17) is 0 Å². The van der Waals surface area contributed by atoms with Crippen LogP contribution in [0.1, 0.15) is 35.7 Å². The number of benzene rings is 1. The van der Waals surface area contributed by atoms with Crippen LogP contribution >= 0.6 is 0 Å². The summed E-state index contributed by atoms with van der Waals surface area (Å²) in [7, 11) is 0. The number of hydrogen-bond donors (Lipinski definition) is 2. The van der Waals surface area contributed by atoms with Crippen molar-refractivity contribution in [2.24, 2.45) is 5.92 Å². The number of carbonyl (C=O) groups excluding carboxylic acids is 2. The van der Waals surface area contributed by atoms with Crippen LogP contribution in [0.25, 0.3) is 27.9 Å². The van der Waals surface area contributed by atoms with Crippen molar-refractivity contribution in [3.05, 3.63) is 87.9 Å². The molecule has 0 bridgehead atoms. The maximum atomic E-state index is 14.2. The van der Waals surface area contributed by atoms with Gasteiger partial charge in [-0.2, -0.15) is 0 Å². The summed E-state index contributed by atoms with van der Waals surface area (Å²) in [5.41, 5.74) is 2.15. The Morgan fingerprint density at radius 1 is 1.13 bits per heavy atom. The lowest BCUT2D eigenvalue weighted by Crippen LogP contribution is -2.40. The predicted octanol–water partition coefficient (Wildman–Crippen LogP) is 4.50. The molecule has 39 heavy (non-hydrogen) atoms. The SMILES string of the molecule is CC1CN(C(=O)c2ccc(-c3ccc(F)cc3F)[nH]c2=O)CC=C1c1cc(N(C=O)C2CC2)nc2[nH]ccc12. The van der Waals surface area contributed by atoms with E-state index < -0.39 is 23.1 Å². The van der Waals surface area contributed by atoms with Crippen LogP contribution in [0.3, 0.4) is 0 Å². The van der Waals surface area contributed by atoms with Gasteiger partial charge in [0.1, 0.15) is 28.7 Å². The lowest BCUT2D eigenvalue weighted by Gasteiger charge is -2.32. The van der Waals surface area contributed by atoms with Crippen molar-refractivity contribution in [1.29, 1.82) is 0 Å². The standard InChI is InChI=1S/C29H25F2N5O3/c1-16-14-35(29(39)22-6-7-25(33-28(22)38)21-5-2-17(30)12-24(21)31)11-9-19(16)23-13-26(36(15-37)18-3-4-18)34-27-20(23)8-10-32-27/h2,5-10,12-13,15-16,18H,3-4,11,14H2,1H3,(H,32,34)(H,33,38). The number of aromatic nitrogens is 3. The fraction of sp³-hybridized carbons (Fsp3) is 0.241. The number of nitrogens with zero attached hydrogens (tertiary/aromatic N) is 3. The number of anilines is 1. The maximum absolute atomic E-state index is 14.2. The molecule has 0 radical (unpaired) electrons. The topological polar surface area (TPSA) is 102 Å². The molecule has 10 heteroatoms. The van der Waals surface area contributed by atoms with E-state index in [1.54, 1.807) is 9.80 Å². The molecule has 2 amide bonds. The molecular weight excluding hydrogens is 504 g/mol. The van der Waals surface area contributed by atoms with E-state index in [2.05, 4.69) is 15.0 Å². The van der Waals surface area contributed by atoms with Crippen LogP contribution < -0.4 is 10.5 Å². The van der Waals surface area contributed by atoms with E-state index in [0.29, 0.717) is 18.0 Å². The van der Waals surface area contributed by atoms with Gasteiger partial charge in [0.25, 0.3) is 11.5 Å². The van der Waals surface area contributed by atoms with Gasteiger partial charge >= 0.3 is 0 Å². The Kier molecular flexibility index (Phi) is 6.09. The smallest absolute Gasteiger partial charge is 0.261 e. The molecule has 4 heterocycles. The van der Waals surface area contributed by atoms with E-state index in [0.717, 1.165) is 47.9 Å². The van der Waals surface area contributed by atoms with Gasteiger partial charge in [0.2, 0.25) is 6.41 Å². The molecule has 8 nitrogen and oxygen atoms in total. The Morgan fingerprint density at radius 3 is 2.64 bits per heavy atom. The van der Waals surface area contributed by atoms with Crippen LogP contribution in [-0.2, 0) is 4.79 Å². The van der Waals surface area contributed by atoms with Crippen molar-refractivity contribution in [3.8, 4) is 11.3 Å². The molecule has 1 aliphatic heterocycles. The minimum absolute atomic E-state index is 0.0364. The van der Waals surface area contributed by atoms with Crippen molar-refractivity contribution in [2.75, 3.05) is 18.0 Å². The quantitative estimate of drug-likeness (QED) is 0.359. The lowest BCUT2D eigenvalue weighted by atomic mass is 9.89. The van der Waals surface area contributed by atoms with Gasteiger partial charge in [-0.3, -0.25) is 19.3 Å². The number of aromatic amines is 2. The number of rotatable bonds is 6. The molecule has 198 valence electrons. The molecule has 2 N–H and O–H groups in total. The average Bonchev–Trinajstić information content (AvgIpc) is 3.63. The first-order valence-corrected chi connectivity index (χ1v) is 12.7. The number of fused-ring (bicyclic) bond motifs is 1. The molecule has 0 spiro atoms. The number of H-pyrrole nitrogens is 2. The third-order valence-corrected chi connectivity index (χ3v) is 7.35. The number of amides is 2. The van der Waals surface area contributed by atoms with E-state index >= 15 is 0 Å². The van der Waals surface area contributed by atoms with E-state index in [-0.39, 0.29) is 35.3 Å². The molecule has 1 saturated carbocycles. The second-order valence-corrected chi connectivity index (χ2v) is 10.0. The van der Waals surface area contributed by atoms with Crippen molar-refractivity contribution in [3.63, 3.8) is 0 Å². The summed E-state index contributed by atoms with van der Waals surface area (Å²) in [6, 6.07) is 9.94. The fourth-order valence-corrected chi connectivity index (χ4v) is 5.21. The van der Waals surface area contributed by atoms with Gasteiger partial charge in [-0.1, -0.05) is 13.0 Å². The Bertz CT molecular complexity index is 1700. The Hall–Kier alpha value is -4.60. The predicted molar refractivity (Wildman–Crippen MR) is 143 cm³/mol. The summed E-state index contributed by atoms with van der Waals surface area (Å²) in [6.07, 6.45) is 6.51. The molecule has 3 aromatic heterocycles. The lowest BCUT2D eigenvalue weighted by molar-refractivity contribution is -0.107. The molecule has 1 unspecified atom stereocenters. The number of nitrogens with one attached hydrogen (secondary N) is 2. The number of halogens is 2. The Morgan fingerprint density at radius 2 is 1.95 bits per heavy atom. The number of hydrogen-bond acceptors (Lipinski definition) is 4. The second kappa shape index (κ2) is 9.61. The summed E-state index contributed by atoms with van der Waals surface area (Å²) in [4.78, 5) is 51.5. The summed E-state index contributed by atoms with van der Waals surface area (Å²) in [5.74, 6) is -1.44. The highest BCUT2D eigenvalue weighted by Gasteiger charge is 2.32. The second-order valence-electron chi connectivity index (χ2n) is 10.0. The van der Waals surface area contributed by atoms with Gasteiger partial charge in [-0.25, -0.2) is 13.8 Å². The average molecular weight is 530 g/mol. The van der Waals surface area contributed by atoms with Crippen molar-refractivity contribution >= 4 is 34.7 Å². The summed E-state index contributed by atoms with van der Waals surface area (Å²) in [6.45, 7) is 2.67. The van der Waals surface area contributed by atoms with E-state index in [1.165, 1.54) is 18.2 Å². The zero-order valence-corrected chi connectivity index (χ0v) is 21.1. The molecule has 1 aromatic carbocycles. The third kappa shape index (κ3) is 4.52. The minimum Gasteiger partial charge on any atom is -0.346 e. The van der Waals surface area contributed by atoms with E-state index in [9.17, 15) is 23.2 Å². The molecular formula is C29H25F2N5O3. The summed E-state index contributed by atoms with van der Waals surface area (Å²) >= 11 is 0. The zero-order valence-electron chi connectivity index (χ0n) is 21.1. The molecule has 2 aliphatic rings. The van der Waals surface area contributed by atoms with Crippen LogP contribution in [0, 0.1) is 17.6 Å². The highest BCUT2D eigenvalue weighted by molar-refractivity contribution is 5.97.